The summed E-state index contributed by atoms with van der Waals surface area (Å²) in [5.74, 6) is 4.05. The molecule has 5 aliphatic carbocycles. The van der Waals surface area contributed by atoms with Gasteiger partial charge in [0.15, 0.2) is 5.82 Å². The molecule has 2 nitrogen and oxygen atoms in total. The first-order chi connectivity index (χ1) is 27.7. The van der Waals surface area contributed by atoms with Gasteiger partial charge in [-0.05, 0) is 129 Å². The van der Waals surface area contributed by atoms with Crippen molar-refractivity contribution in [3.05, 3.63) is 181 Å². The van der Waals surface area contributed by atoms with Crippen molar-refractivity contribution in [1.29, 1.82) is 0 Å². The standard InChI is InChI=1S/C54H42N2/c1-3-12-38(13-4-1)50-33-51(56-53(55-50)39-14-5-2-6-15-39)46-19-10-9-18-44(46)36-22-24-37(25-23-36)45-20-11-21-48-52(45)47-31-40-16-7-8-17-41(40)32-49(47)54(48)42-27-34-26-35(29-42)30-43(54)28-34/h1-25,31-35,42-43H,26-30H2. The zero-order valence-electron chi connectivity index (χ0n) is 31.4. The largest absolute Gasteiger partial charge is 0.228 e. The van der Waals surface area contributed by atoms with E-state index >= 15 is 0 Å². The second-order valence-corrected chi connectivity index (χ2v) is 17.0. The van der Waals surface area contributed by atoms with Crippen LogP contribution in [0.4, 0.5) is 0 Å². The molecule has 2 heteroatoms. The summed E-state index contributed by atoms with van der Waals surface area (Å²) in [4.78, 5) is 10.2. The molecule has 0 amide bonds. The lowest BCUT2D eigenvalue weighted by Crippen LogP contribution is -2.55. The van der Waals surface area contributed by atoms with Crippen molar-refractivity contribution in [3.63, 3.8) is 0 Å². The third kappa shape index (κ3) is 4.81. The summed E-state index contributed by atoms with van der Waals surface area (Å²) < 4.78 is 0. The van der Waals surface area contributed by atoms with Crippen molar-refractivity contribution >= 4 is 10.8 Å². The number of benzene rings is 7. The molecule has 56 heavy (non-hydrogen) atoms. The summed E-state index contributed by atoms with van der Waals surface area (Å²) in [6, 6.07) is 62.4. The Labute approximate surface area is 329 Å². The Kier molecular flexibility index (Phi) is 7.15. The minimum absolute atomic E-state index is 0.131. The maximum absolute atomic E-state index is 5.19. The van der Waals surface area contributed by atoms with Gasteiger partial charge in [-0.3, -0.25) is 0 Å². The lowest BCUT2D eigenvalue weighted by atomic mass is 9.43. The SMILES string of the molecule is c1ccc(-c2cc(-c3ccccc3-c3ccc(-c4cccc5c4-c4cc6ccccc6cc4C54C5CC6CC(C5)CC4C6)cc3)nc(-c3ccccc3)n2)cc1. The van der Waals surface area contributed by atoms with Gasteiger partial charge in [-0.2, -0.15) is 0 Å². The molecule has 0 unspecified atom stereocenters. The Balaban J connectivity index is 0.984. The third-order valence-electron chi connectivity index (χ3n) is 14.1. The predicted molar refractivity (Wildman–Crippen MR) is 230 cm³/mol. The van der Waals surface area contributed by atoms with Gasteiger partial charge in [-0.25, -0.2) is 9.97 Å². The fraction of sp³-hybridized carbons (Fsp3) is 0.185. The summed E-state index contributed by atoms with van der Waals surface area (Å²) in [7, 11) is 0. The quantitative estimate of drug-likeness (QED) is 0.177. The van der Waals surface area contributed by atoms with Gasteiger partial charge < -0.3 is 0 Å². The van der Waals surface area contributed by atoms with Gasteiger partial charge >= 0.3 is 0 Å². The van der Waals surface area contributed by atoms with E-state index in [1.807, 2.05) is 12.1 Å². The molecule has 13 rings (SSSR count). The molecule has 4 saturated carbocycles. The van der Waals surface area contributed by atoms with E-state index in [1.165, 1.54) is 76.3 Å². The molecule has 0 atom stereocenters. The summed E-state index contributed by atoms with van der Waals surface area (Å²) in [6.45, 7) is 0. The summed E-state index contributed by atoms with van der Waals surface area (Å²) in [6.07, 6.45) is 7.04. The molecule has 1 spiro atoms. The molecule has 8 aromatic rings. The molecule has 0 radical (unpaired) electrons. The molecule has 4 fully saturated rings. The van der Waals surface area contributed by atoms with Crippen LogP contribution < -0.4 is 0 Å². The van der Waals surface area contributed by atoms with Crippen LogP contribution in [0.1, 0.15) is 43.2 Å². The van der Waals surface area contributed by atoms with Crippen LogP contribution in [-0.4, -0.2) is 9.97 Å². The van der Waals surface area contributed by atoms with Gasteiger partial charge in [-0.15, -0.1) is 0 Å². The molecule has 4 bridgehead atoms. The maximum Gasteiger partial charge on any atom is 0.160 e. The van der Waals surface area contributed by atoms with E-state index in [0.717, 1.165) is 57.6 Å². The third-order valence-corrected chi connectivity index (χ3v) is 14.1. The normalized spacial score (nSPS) is 22.7. The van der Waals surface area contributed by atoms with Crippen molar-refractivity contribution in [2.45, 2.75) is 37.5 Å². The van der Waals surface area contributed by atoms with Gasteiger partial charge in [0.1, 0.15) is 0 Å². The molecule has 1 aromatic heterocycles. The molecule has 0 saturated heterocycles. The first-order valence-electron chi connectivity index (χ1n) is 20.6. The van der Waals surface area contributed by atoms with Gasteiger partial charge in [0, 0.05) is 22.1 Å². The Morgan fingerprint density at radius 2 is 0.929 bits per heavy atom. The first kappa shape index (κ1) is 32.2. The molecular formula is C54H42N2. The van der Waals surface area contributed by atoms with Gasteiger partial charge in [0.25, 0.3) is 0 Å². The minimum Gasteiger partial charge on any atom is -0.228 e. The highest BCUT2D eigenvalue weighted by atomic mass is 14.9. The zero-order chi connectivity index (χ0) is 36.8. The van der Waals surface area contributed by atoms with E-state index in [4.69, 9.17) is 9.97 Å². The fourth-order valence-corrected chi connectivity index (χ4v) is 12.0. The van der Waals surface area contributed by atoms with Crippen LogP contribution in [0.25, 0.3) is 78.1 Å². The number of nitrogens with zero attached hydrogens (tertiary/aromatic N) is 2. The van der Waals surface area contributed by atoms with Gasteiger partial charge in [0.05, 0.1) is 11.4 Å². The van der Waals surface area contributed by atoms with Crippen LogP contribution >= 0.6 is 0 Å². The lowest BCUT2D eigenvalue weighted by molar-refractivity contribution is -0.0398. The highest BCUT2D eigenvalue weighted by Gasteiger charge is 2.61. The van der Waals surface area contributed by atoms with Crippen LogP contribution in [0.3, 0.4) is 0 Å². The van der Waals surface area contributed by atoms with Crippen molar-refractivity contribution in [2.24, 2.45) is 23.7 Å². The van der Waals surface area contributed by atoms with Crippen molar-refractivity contribution in [2.75, 3.05) is 0 Å². The van der Waals surface area contributed by atoms with Crippen LogP contribution in [-0.2, 0) is 5.41 Å². The smallest absolute Gasteiger partial charge is 0.160 e. The maximum atomic E-state index is 5.19. The molecular weight excluding hydrogens is 677 g/mol. The van der Waals surface area contributed by atoms with E-state index in [-0.39, 0.29) is 5.41 Å². The van der Waals surface area contributed by atoms with Crippen molar-refractivity contribution in [3.8, 4) is 67.3 Å². The summed E-state index contributed by atoms with van der Waals surface area (Å²) >= 11 is 0. The minimum atomic E-state index is 0.131. The van der Waals surface area contributed by atoms with Crippen LogP contribution in [0.2, 0.25) is 0 Å². The predicted octanol–water partition coefficient (Wildman–Crippen LogP) is 13.7. The Hall–Kier alpha value is -6.12. The van der Waals surface area contributed by atoms with Crippen LogP contribution in [0.15, 0.2) is 170 Å². The fourth-order valence-electron chi connectivity index (χ4n) is 12.0. The number of fused-ring (bicyclic) bond motifs is 4. The number of aromatic nitrogens is 2. The zero-order valence-corrected chi connectivity index (χ0v) is 31.4. The second-order valence-electron chi connectivity index (χ2n) is 17.0. The van der Waals surface area contributed by atoms with Crippen LogP contribution in [0.5, 0.6) is 0 Å². The van der Waals surface area contributed by atoms with E-state index in [0.29, 0.717) is 0 Å². The number of rotatable bonds is 5. The molecule has 0 aliphatic heterocycles. The molecule has 7 aromatic carbocycles. The summed E-state index contributed by atoms with van der Waals surface area (Å²) in [5, 5.41) is 2.72. The number of hydrogen-bond donors (Lipinski definition) is 0. The molecule has 5 aliphatic rings. The van der Waals surface area contributed by atoms with Crippen molar-refractivity contribution < 1.29 is 0 Å². The Morgan fingerprint density at radius 1 is 0.375 bits per heavy atom. The molecule has 0 N–H and O–H groups in total. The van der Waals surface area contributed by atoms with E-state index in [9.17, 15) is 0 Å². The molecule has 268 valence electrons. The van der Waals surface area contributed by atoms with E-state index in [2.05, 4.69) is 158 Å². The second kappa shape index (κ2) is 12.4. The van der Waals surface area contributed by atoms with Crippen molar-refractivity contribution in [1.82, 2.24) is 9.97 Å². The lowest BCUT2D eigenvalue weighted by Gasteiger charge is -2.61. The summed E-state index contributed by atoms with van der Waals surface area (Å²) in [5.41, 5.74) is 16.3. The van der Waals surface area contributed by atoms with E-state index in [1.54, 1.807) is 11.1 Å². The van der Waals surface area contributed by atoms with E-state index < -0.39 is 0 Å². The highest BCUT2D eigenvalue weighted by Crippen LogP contribution is 2.70. The topological polar surface area (TPSA) is 25.8 Å². The average Bonchev–Trinajstić information content (AvgIpc) is 3.54. The monoisotopic (exact) mass is 718 g/mol. The van der Waals surface area contributed by atoms with Crippen LogP contribution in [0, 0.1) is 23.7 Å². The highest BCUT2D eigenvalue weighted by molar-refractivity contribution is 5.99. The first-order valence-corrected chi connectivity index (χ1v) is 20.6. The number of hydrogen-bond acceptors (Lipinski definition) is 2. The average molecular weight is 719 g/mol. The Bertz CT molecular complexity index is 2710. The van der Waals surface area contributed by atoms with Gasteiger partial charge in [-0.1, -0.05) is 152 Å². The van der Waals surface area contributed by atoms with Gasteiger partial charge in [0.2, 0.25) is 0 Å². The Morgan fingerprint density at radius 3 is 1.62 bits per heavy atom. The molecule has 1 heterocycles.